The molecule has 2 aromatic carbocycles. The first kappa shape index (κ1) is 27.7. The smallest absolute Gasteiger partial charge is 0.247 e. The van der Waals surface area contributed by atoms with E-state index in [0.717, 1.165) is 67.4 Å². The molecule has 0 unspecified atom stereocenters. The van der Waals surface area contributed by atoms with Gasteiger partial charge in [-0.05, 0) is 93.1 Å². The van der Waals surface area contributed by atoms with E-state index in [2.05, 4.69) is 32.4 Å². The van der Waals surface area contributed by atoms with Crippen molar-refractivity contribution in [1.82, 2.24) is 19.9 Å². The molecule has 2 aromatic heterocycles. The summed E-state index contributed by atoms with van der Waals surface area (Å²) in [6.45, 7) is 7.69. The van der Waals surface area contributed by atoms with Gasteiger partial charge in [0.1, 0.15) is 17.4 Å². The number of aromatic nitrogens is 3. The second-order valence-corrected chi connectivity index (χ2v) is 10.9. The molecule has 9 nitrogen and oxygen atoms in total. The van der Waals surface area contributed by atoms with E-state index in [4.69, 9.17) is 9.72 Å². The summed E-state index contributed by atoms with van der Waals surface area (Å²) < 4.78 is 21.4. The molecule has 1 amide bonds. The van der Waals surface area contributed by atoms with Crippen molar-refractivity contribution < 1.29 is 13.9 Å². The van der Waals surface area contributed by atoms with E-state index in [9.17, 15) is 9.18 Å². The molecular formula is C32H36FN7O2. The minimum atomic E-state index is -0.286. The zero-order valence-corrected chi connectivity index (χ0v) is 23.8. The van der Waals surface area contributed by atoms with Crippen LogP contribution in [0.15, 0.2) is 67.5 Å². The number of piperidine rings is 2. The molecule has 42 heavy (non-hydrogen) atoms. The Hall–Kier alpha value is -4.44. The topological polar surface area (TPSA) is 96.3 Å². The first-order chi connectivity index (χ1) is 20.5. The molecule has 0 aliphatic carbocycles. The van der Waals surface area contributed by atoms with Gasteiger partial charge in [-0.25, -0.2) is 9.37 Å². The Bertz CT molecular complexity index is 1590. The lowest BCUT2D eigenvalue weighted by Gasteiger charge is -2.39. The third-order valence-corrected chi connectivity index (χ3v) is 8.48. The van der Waals surface area contributed by atoms with E-state index < -0.39 is 0 Å². The van der Waals surface area contributed by atoms with Gasteiger partial charge in [0.05, 0.1) is 29.7 Å². The van der Waals surface area contributed by atoms with Crippen LogP contribution in [0.2, 0.25) is 0 Å². The predicted octanol–water partition coefficient (Wildman–Crippen LogP) is 5.65. The fourth-order valence-electron chi connectivity index (χ4n) is 6.29. The summed E-state index contributed by atoms with van der Waals surface area (Å²) in [7, 11) is 1.62. The number of halogens is 1. The number of methoxy groups -OCH3 is 1. The maximum absolute atomic E-state index is 13.7. The van der Waals surface area contributed by atoms with Gasteiger partial charge < -0.3 is 30.2 Å². The van der Waals surface area contributed by atoms with E-state index >= 15 is 0 Å². The number of amides is 1. The Kier molecular flexibility index (Phi) is 8.05. The summed E-state index contributed by atoms with van der Waals surface area (Å²) in [5.41, 5.74) is 3.03. The first-order valence-corrected chi connectivity index (χ1v) is 14.5. The molecule has 2 aliphatic heterocycles. The molecule has 0 spiro atoms. The summed E-state index contributed by atoms with van der Waals surface area (Å²) in [6, 6.07) is 12.1. The number of nitrogens with zero attached hydrogens (tertiary/aromatic N) is 4. The van der Waals surface area contributed by atoms with Crippen molar-refractivity contribution in [2.75, 3.05) is 48.8 Å². The first-order valence-electron chi connectivity index (χ1n) is 14.5. The van der Waals surface area contributed by atoms with Gasteiger partial charge in [-0.3, -0.25) is 4.79 Å². The highest BCUT2D eigenvalue weighted by atomic mass is 19.1. The van der Waals surface area contributed by atoms with Gasteiger partial charge in [-0.1, -0.05) is 6.58 Å². The summed E-state index contributed by atoms with van der Waals surface area (Å²) in [5.74, 6) is 2.54. The summed E-state index contributed by atoms with van der Waals surface area (Å²) in [4.78, 5) is 23.9. The average molecular weight is 570 g/mol. The number of benzene rings is 2. The highest BCUT2D eigenvalue weighted by Crippen LogP contribution is 2.41. The van der Waals surface area contributed by atoms with Gasteiger partial charge >= 0.3 is 0 Å². The quantitative estimate of drug-likeness (QED) is 0.236. The largest absolute Gasteiger partial charge is 0.494 e. The molecule has 2 saturated heterocycles. The van der Waals surface area contributed by atoms with Crippen LogP contribution in [-0.4, -0.2) is 53.7 Å². The maximum Gasteiger partial charge on any atom is 0.247 e. The Morgan fingerprint density at radius 1 is 1.07 bits per heavy atom. The molecule has 6 rings (SSSR count). The average Bonchev–Trinajstić information content (AvgIpc) is 3.45. The molecule has 4 heterocycles. The summed E-state index contributed by atoms with van der Waals surface area (Å²) in [5, 5.41) is 10.5. The zero-order chi connectivity index (χ0) is 29.1. The van der Waals surface area contributed by atoms with Crippen LogP contribution >= 0.6 is 0 Å². The van der Waals surface area contributed by atoms with Crippen molar-refractivity contribution >= 4 is 39.8 Å². The fraction of sp³-hybridized carbons (Fsp3) is 0.344. The third kappa shape index (κ3) is 5.80. The third-order valence-electron chi connectivity index (χ3n) is 8.48. The van der Waals surface area contributed by atoms with Crippen molar-refractivity contribution in [2.24, 2.45) is 11.8 Å². The van der Waals surface area contributed by atoms with Crippen LogP contribution in [0.3, 0.4) is 0 Å². The number of fused-ring (bicyclic) bond motifs is 1. The van der Waals surface area contributed by atoms with E-state index in [0.29, 0.717) is 28.9 Å². The van der Waals surface area contributed by atoms with E-state index in [1.54, 1.807) is 25.4 Å². The highest BCUT2D eigenvalue weighted by molar-refractivity contribution is 6.02. The molecule has 0 atom stereocenters. The highest BCUT2D eigenvalue weighted by Gasteiger charge is 2.29. The lowest BCUT2D eigenvalue weighted by Crippen LogP contribution is -2.39. The van der Waals surface area contributed by atoms with E-state index in [-0.39, 0.29) is 11.7 Å². The van der Waals surface area contributed by atoms with Crippen LogP contribution in [0.5, 0.6) is 5.75 Å². The normalized spacial score (nSPS) is 16.4. The maximum atomic E-state index is 13.7. The van der Waals surface area contributed by atoms with Crippen molar-refractivity contribution in [1.29, 1.82) is 0 Å². The monoisotopic (exact) mass is 569 g/mol. The standard InChI is InChI=1S/C32H36FN7O2/c1-3-31(41)36-25-19-26(29(42-2)20-28(25)39-15-9-22(10-16-39)21-6-12-34-13-7-21)37-32-35-14-8-30(38-32)40-17-11-23-18-24(33)4-5-27(23)40/h3-5,8,11,14,17-22,34H,1,6-7,9-10,12-13,15-16H2,2H3,(H,36,41)(H,35,37,38). The molecule has 2 aliphatic rings. The van der Waals surface area contributed by atoms with Crippen molar-refractivity contribution in [3.05, 3.63) is 73.3 Å². The number of ether oxygens (including phenoxy) is 1. The minimum Gasteiger partial charge on any atom is -0.494 e. The summed E-state index contributed by atoms with van der Waals surface area (Å²) >= 11 is 0. The molecule has 218 valence electrons. The van der Waals surface area contributed by atoms with Gasteiger partial charge in [-0.2, -0.15) is 4.98 Å². The predicted molar refractivity (Wildman–Crippen MR) is 164 cm³/mol. The number of carbonyl (C=O) groups excluding carboxylic acids is 1. The Morgan fingerprint density at radius 3 is 2.62 bits per heavy atom. The lowest BCUT2D eigenvalue weighted by molar-refractivity contribution is -0.111. The Balaban J connectivity index is 1.27. The molecular weight excluding hydrogens is 533 g/mol. The molecule has 3 N–H and O–H groups in total. The number of anilines is 4. The van der Waals surface area contributed by atoms with Gasteiger partial charge in [0.2, 0.25) is 11.9 Å². The van der Waals surface area contributed by atoms with Crippen LogP contribution < -0.4 is 25.6 Å². The minimum absolute atomic E-state index is 0.286. The molecule has 0 saturated carbocycles. The second kappa shape index (κ2) is 12.2. The Labute approximate surface area is 244 Å². The van der Waals surface area contributed by atoms with Crippen LogP contribution in [0.1, 0.15) is 25.7 Å². The Morgan fingerprint density at radius 2 is 1.86 bits per heavy atom. The number of rotatable bonds is 8. The SMILES string of the molecule is C=CC(=O)Nc1cc(Nc2nccc(-n3ccc4cc(F)ccc43)n2)c(OC)cc1N1CCC(C2CCNCC2)CC1. The van der Waals surface area contributed by atoms with Crippen LogP contribution in [0.25, 0.3) is 16.7 Å². The molecule has 0 bridgehead atoms. The van der Waals surface area contributed by atoms with Gasteiger partial charge in [-0.15, -0.1) is 0 Å². The van der Waals surface area contributed by atoms with Crippen LogP contribution in [-0.2, 0) is 4.79 Å². The number of hydrogen-bond acceptors (Lipinski definition) is 7. The van der Waals surface area contributed by atoms with Crippen molar-refractivity contribution in [2.45, 2.75) is 25.7 Å². The molecule has 10 heteroatoms. The zero-order valence-electron chi connectivity index (χ0n) is 23.8. The van der Waals surface area contributed by atoms with Crippen LogP contribution in [0, 0.1) is 17.7 Å². The van der Waals surface area contributed by atoms with Gasteiger partial charge in [0.25, 0.3) is 0 Å². The van der Waals surface area contributed by atoms with Crippen molar-refractivity contribution in [3.63, 3.8) is 0 Å². The molecule has 2 fully saturated rings. The molecule has 0 radical (unpaired) electrons. The number of carbonyl (C=O) groups is 1. The molecule has 4 aromatic rings. The van der Waals surface area contributed by atoms with Gasteiger partial charge in [0, 0.05) is 36.9 Å². The lowest BCUT2D eigenvalue weighted by atomic mass is 9.79. The number of nitrogens with one attached hydrogen (secondary N) is 3. The summed E-state index contributed by atoms with van der Waals surface area (Å²) in [6.07, 6.45) is 9.54. The fourth-order valence-corrected chi connectivity index (χ4v) is 6.29. The van der Waals surface area contributed by atoms with Crippen LogP contribution in [0.4, 0.5) is 27.4 Å². The van der Waals surface area contributed by atoms with E-state index in [1.165, 1.54) is 31.1 Å². The second-order valence-electron chi connectivity index (χ2n) is 10.9. The van der Waals surface area contributed by atoms with Crippen molar-refractivity contribution in [3.8, 4) is 11.6 Å². The van der Waals surface area contributed by atoms with E-state index in [1.807, 2.05) is 29.0 Å². The van der Waals surface area contributed by atoms with Gasteiger partial charge in [0.15, 0.2) is 0 Å². The number of hydrogen-bond donors (Lipinski definition) is 3.